The second-order valence-corrected chi connectivity index (χ2v) is 6.50. The SMILES string of the molecule is [CH2]C#CC(C)(O)CCC1=C(C)CCC(C)C1(C)C. The van der Waals surface area contributed by atoms with Crippen LogP contribution in [0.3, 0.4) is 0 Å². The van der Waals surface area contributed by atoms with E-state index in [1.807, 2.05) is 0 Å². The minimum Gasteiger partial charge on any atom is -0.378 e. The van der Waals surface area contributed by atoms with Gasteiger partial charge in [-0.25, -0.2) is 0 Å². The van der Waals surface area contributed by atoms with Gasteiger partial charge in [-0.3, -0.25) is 0 Å². The van der Waals surface area contributed by atoms with Crippen molar-refractivity contribution in [1.82, 2.24) is 0 Å². The minimum atomic E-state index is -0.911. The summed E-state index contributed by atoms with van der Waals surface area (Å²) in [6.07, 6.45) is 4.10. The highest BCUT2D eigenvalue weighted by Crippen LogP contribution is 2.46. The van der Waals surface area contributed by atoms with Crippen molar-refractivity contribution in [3.05, 3.63) is 18.1 Å². The zero-order valence-electron chi connectivity index (χ0n) is 12.6. The number of hydrogen-bond donors (Lipinski definition) is 1. The van der Waals surface area contributed by atoms with Crippen molar-refractivity contribution in [2.45, 2.75) is 65.9 Å². The maximum absolute atomic E-state index is 10.1. The van der Waals surface area contributed by atoms with E-state index in [1.54, 1.807) is 6.92 Å². The summed E-state index contributed by atoms with van der Waals surface area (Å²) < 4.78 is 0. The van der Waals surface area contributed by atoms with Crippen molar-refractivity contribution in [1.29, 1.82) is 0 Å². The molecule has 1 aliphatic carbocycles. The van der Waals surface area contributed by atoms with Crippen LogP contribution in [0.2, 0.25) is 0 Å². The summed E-state index contributed by atoms with van der Waals surface area (Å²) in [4.78, 5) is 0. The molecule has 1 rings (SSSR count). The quantitative estimate of drug-likeness (QED) is 0.587. The topological polar surface area (TPSA) is 20.2 Å². The number of aliphatic hydroxyl groups is 1. The fourth-order valence-electron chi connectivity index (χ4n) is 2.95. The van der Waals surface area contributed by atoms with E-state index in [4.69, 9.17) is 0 Å². The zero-order valence-corrected chi connectivity index (χ0v) is 12.6. The molecule has 0 aromatic carbocycles. The van der Waals surface area contributed by atoms with E-state index in [2.05, 4.69) is 46.5 Å². The molecule has 0 heterocycles. The molecule has 0 aliphatic heterocycles. The van der Waals surface area contributed by atoms with Gasteiger partial charge in [-0.05, 0) is 50.9 Å². The van der Waals surface area contributed by atoms with Crippen LogP contribution in [-0.2, 0) is 0 Å². The van der Waals surface area contributed by atoms with Crippen LogP contribution < -0.4 is 0 Å². The summed E-state index contributed by atoms with van der Waals surface area (Å²) in [6.45, 7) is 14.5. The second kappa shape index (κ2) is 5.49. The largest absolute Gasteiger partial charge is 0.378 e. The molecule has 18 heavy (non-hydrogen) atoms. The van der Waals surface area contributed by atoms with Crippen LogP contribution in [0, 0.1) is 30.1 Å². The molecule has 2 unspecified atom stereocenters. The first-order chi connectivity index (χ1) is 8.20. The molecule has 0 bridgehead atoms. The van der Waals surface area contributed by atoms with E-state index in [0.717, 1.165) is 6.42 Å². The Hall–Kier alpha value is -0.740. The minimum absolute atomic E-state index is 0.246. The van der Waals surface area contributed by atoms with Crippen molar-refractivity contribution in [3.8, 4) is 11.8 Å². The van der Waals surface area contributed by atoms with Crippen molar-refractivity contribution < 1.29 is 5.11 Å². The van der Waals surface area contributed by atoms with E-state index < -0.39 is 5.60 Å². The van der Waals surface area contributed by atoms with Gasteiger partial charge in [-0.15, -0.1) is 0 Å². The second-order valence-electron chi connectivity index (χ2n) is 6.50. The predicted octanol–water partition coefficient (Wildman–Crippen LogP) is 4.13. The first-order valence-corrected chi connectivity index (χ1v) is 6.91. The third-order valence-electron chi connectivity index (χ3n) is 4.70. The van der Waals surface area contributed by atoms with Gasteiger partial charge >= 0.3 is 0 Å². The van der Waals surface area contributed by atoms with Crippen molar-refractivity contribution in [2.75, 3.05) is 0 Å². The van der Waals surface area contributed by atoms with Gasteiger partial charge in [-0.1, -0.05) is 43.8 Å². The molecule has 1 N–H and O–H groups in total. The molecule has 0 spiro atoms. The summed E-state index contributed by atoms with van der Waals surface area (Å²) >= 11 is 0. The van der Waals surface area contributed by atoms with E-state index in [0.29, 0.717) is 12.3 Å². The van der Waals surface area contributed by atoms with Crippen LogP contribution in [0.1, 0.15) is 60.3 Å². The summed E-state index contributed by atoms with van der Waals surface area (Å²) in [5, 5.41) is 10.1. The van der Waals surface area contributed by atoms with Gasteiger partial charge in [-0.2, -0.15) is 0 Å². The van der Waals surface area contributed by atoms with Crippen molar-refractivity contribution in [3.63, 3.8) is 0 Å². The summed E-state index contributed by atoms with van der Waals surface area (Å²) in [6, 6.07) is 0. The molecule has 2 atom stereocenters. The van der Waals surface area contributed by atoms with Crippen LogP contribution >= 0.6 is 0 Å². The molecular formula is C17H27O. The molecule has 0 amide bonds. The Morgan fingerprint density at radius 1 is 1.50 bits per heavy atom. The van der Waals surface area contributed by atoms with Gasteiger partial charge < -0.3 is 5.11 Å². The Balaban J connectivity index is 2.84. The van der Waals surface area contributed by atoms with Crippen molar-refractivity contribution >= 4 is 0 Å². The van der Waals surface area contributed by atoms with E-state index in [-0.39, 0.29) is 5.41 Å². The van der Waals surface area contributed by atoms with Gasteiger partial charge in [0.15, 0.2) is 0 Å². The first-order valence-electron chi connectivity index (χ1n) is 6.91. The van der Waals surface area contributed by atoms with Crippen LogP contribution in [0.25, 0.3) is 0 Å². The lowest BCUT2D eigenvalue weighted by Crippen LogP contribution is -2.30. The summed E-state index contributed by atoms with van der Waals surface area (Å²) in [5.74, 6) is 6.07. The highest BCUT2D eigenvalue weighted by atomic mass is 16.3. The Morgan fingerprint density at radius 3 is 2.67 bits per heavy atom. The molecule has 0 saturated heterocycles. The Morgan fingerprint density at radius 2 is 2.11 bits per heavy atom. The molecule has 1 heteroatoms. The molecule has 1 nitrogen and oxygen atoms in total. The molecule has 0 fully saturated rings. The average molecular weight is 247 g/mol. The van der Waals surface area contributed by atoms with Gasteiger partial charge in [0.25, 0.3) is 0 Å². The monoisotopic (exact) mass is 247 g/mol. The maximum atomic E-state index is 10.1. The van der Waals surface area contributed by atoms with Gasteiger partial charge in [0.05, 0.1) is 0 Å². The molecular weight excluding hydrogens is 220 g/mol. The Labute approximate surface area is 113 Å². The maximum Gasteiger partial charge on any atom is 0.123 e. The Bertz CT molecular complexity index is 388. The van der Waals surface area contributed by atoms with Crippen LogP contribution in [0.4, 0.5) is 0 Å². The average Bonchev–Trinajstić information content (AvgIpc) is 2.23. The summed E-state index contributed by atoms with van der Waals surface area (Å²) in [5.41, 5.74) is 2.37. The van der Waals surface area contributed by atoms with Crippen LogP contribution in [0.5, 0.6) is 0 Å². The lowest BCUT2D eigenvalue weighted by Gasteiger charge is -2.41. The molecule has 0 aromatic heterocycles. The van der Waals surface area contributed by atoms with E-state index in [9.17, 15) is 5.11 Å². The highest BCUT2D eigenvalue weighted by Gasteiger charge is 2.35. The van der Waals surface area contributed by atoms with Gasteiger partial charge in [0, 0.05) is 6.92 Å². The number of rotatable bonds is 3. The number of allylic oxidation sites excluding steroid dienone is 2. The lowest BCUT2D eigenvalue weighted by molar-refractivity contribution is 0.108. The van der Waals surface area contributed by atoms with E-state index >= 15 is 0 Å². The van der Waals surface area contributed by atoms with Gasteiger partial charge in [0.1, 0.15) is 5.60 Å². The molecule has 101 valence electrons. The Kier molecular flexibility index (Phi) is 4.67. The molecule has 0 aromatic rings. The van der Waals surface area contributed by atoms with E-state index in [1.165, 1.54) is 24.0 Å². The normalized spacial score (nSPS) is 26.3. The van der Waals surface area contributed by atoms with Crippen molar-refractivity contribution in [2.24, 2.45) is 11.3 Å². The fraction of sp³-hybridized carbons (Fsp3) is 0.706. The standard InChI is InChI=1S/C17H27O/c1-7-11-17(6,18)12-10-15-13(2)8-9-14(3)16(15,4)5/h14,18H,1,8-10,12H2,2-6H3. The van der Waals surface area contributed by atoms with Crippen LogP contribution in [-0.4, -0.2) is 10.7 Å². The smallest absolute Gasteiger partial charge is 0.123 e. The number of hydrogen-bond acceptors (Lipinski definition) is 1. The van der Waals surface area contributed by atoms with Crippen LogP contribution in [0.15, 0.2) is 11.1 Å². The third kappa shape index (κ3) is 3.39. The molecule has 0 saturated carbocycles. The first kappa shape index (κ1) is 15.3. The fourth-order valence-corrected chi connectivity index (χ4v) is 2.95. The zero-order chi connectivity index (χ0) is 14.0. The highest BCUT2D eigenvalue weighted by molar-refractivity contribution is 5.25. The van der Waals surface area contributed by atoms with Gasteiger partial charge in [0.2, 0.25) is 0 Å². The summed E-state index contributed by atoms with van der Waals surface area (Å²) in [7, 11) is 0. The molecule has 1 aliphatic rings. The predicted molar refractivity (Wildman–Crippen MR) is 77.9 cm³/mol. The lowest BCUT2D eigenvalue weighted by atomic mass is 9.65. The third-order valence-corrected chi connectivity index (χ3v) is 4.70. The molecule has 1 radical (unpaired) electrons.